The van der Waals surface area contributed by atoms with Gasteiger partial charge in [0, 0.05) is 50.5 Å². The van der Waals surface area contributed by atoms with Gasteiger partial charge in [-0.1, -0.05) is 18.2 Å². The number of hydrogen-bond acceptors (Lipinski definition) is 5. The molecule has 2 heterocycles. The Morgan fingerprint density at radius 1 is 1.05 bits per heavy atom. The lowest BCUT2D eigenvalue weighted by atomic mass is 9.81. The number of likely N-dealkylation sites (N-methyl/N-ethyl adjacent to an activating group) is 1. The maximum atomic E-state index is 13.5. The second-order valence-electron chi connectivity index (χ2n) is 10.2. The second kappa shape index (κ2) is 10.4. The van der Waals surface area contributed by atoms with Gasteiger partial charge in [0.05, 0.1) is 25.8 Å². The van der Waals surface area contributed by atoms with E-state index in [1.807, 2.05) is 66.5 Å². The summed E-state index contributed by atoms with van der Waals surface area (Å²) in [6.45, 7) is 0.611. The normalized spacial score (nSPS) is 20.0. The number of amides is 3. The van der Waals surface area contributed by atoms with E-state index in [-0.39, 0.29) is 36.5 Å². The molecule has 0 radical (unpaired) electrons. The van der Waals surface area contributed by atoms with E-state index >= 15 is 0 Å². The van der Waals surface area contributed by atoms with Crippen molar-refractivity contribution in [2.75, 3.05) is 51.6 Å². The quantitative estimate of drug-likeness (QED) is 0.525. The highest BCUT2D eigenvalue weighted by atomic mass is 16.5. The third kappa shape index (κ3) is 4.56. The minimum Gasteiger partial charge on any atom is -0.497 e. The zero-order valence-corrected chi connectivity index (χ0v) is 22.2. The summed E-state index contributed by atoms with van der Waals surface area (Å²) in [5, 5.41) is 13.3. The molecule has 3 atom stereocenters. The van der Waals surface area contributed by atoms with E-state index in [0.29, 0.717) is 17.8 Å². The molecule has 0 spiro atoms. The lowest BCUT2D eigenvalue weighted by molar-refractivity contribution is 0.0827. The molecule has 0 aliphatic carbocycles. The molecular formula is C30H34N4O4. The fraction of sp³-hybridized carbons (Fsp3) is 0.333. The van der Waals surface area contributed by atoms with Crippen LogP contribution in [0.1, 0.15) is 28.4 Å². The van der Waals surface area contributed by atoms with Crippen molar-refractivity contribution in [3.63, 3.8) is 0 Å². The van der Waals surface area contributed by atoms with Crippen LogP contribution in [0.5, 0.6) is 5.75 Å². The van der Waals surface area contributed by atoms with E-state index in [9.17, 15) is 14.7 Å². The third-order valence-corrected chi connectivity index (χ3v) is 7.80. The van der Waals surface area contributed by atoms with Crippen molar-refractivity contribution < 1.29 is 19.4 Å². The number of benzene rings is 3. The van der Waals surface area contributed by atoms with Gasteiger partial charge in [-0.3, -0.25) is 4.79 Å². The highest BCUT2D eigenvalue weighted by molar-refractivity contribution is 5.95. The minimum absolute atomic E-state index is 0.0154. The van der Waals surface area contributed by atoms with Gasteiger partial charge in [-0.15, -0.1) is 0 Å². The predicted molar refractivity (Wildman–Crippen MR) is 149 cm³/mol. The Hall–Kier alpha value is -4.04. The molecule has 3 aromatic rings. The van der Waals surface area contributed by atoms with Crippen LogP contribution in [-0.2, 0) is 0 Å². The topological polar surface area (TPSA) is 85.3 Å². The Labute approximate surface area is 223 Å². The highest BCUT2D eigenvalue weighted by Crippen LogP contribution is 2.49. The van der Waals surface area contributed by atoms with Crippen LogP contribution in [0.25, 0.3) is 11.1 Å². The van der Waals surface area contributed by atoms with Crippen molar-refractivity contribution >= 4 is 23.3 Å². The summed E-state index contributed by atoms with van der Waals surface area (Å²) in [5.74, 6) is 0.770. The van der Waals surface area contributed by atoms with E-state index in [1.54, 1.807) is 26.1 Å². The van der Waals surface area contributed by atoms with Crippen molar-refractivity contribution in [3.05, 3.63) is 77.9 Å². The number of anilines is 2. The molecule has 3 aromatic carbocycles. The Bertz CT molecular complexity index is 1340. The second-order valence-corrected chi connectivity index (χ2v) is 10.2. The van der Waals surface area contributed by atoms with Gasteiger partial charge < -0.3 is 29.9 Å². The first kappa shape index (κ1) is 25.6. The number of aliphatic hydroxyl groups excluding tert-OH is 1. The first-order valence-corrected chi connectivity index (χ1v) is 12.8. The molecule has 0 bridgehead atoms. The average molecular weight is 515 g/mol. The van der Waals surface area contributed by atoms with E-state index in [0.717, 1.165) is 34.5 Å². The largest absolute Gasteiger partial charge is 0.497 e. The molecule has 38 heavy (non-hydrogen) atoms. The van der Waals surface area contributed by atoms with Crippen LogP contribution in [0.15, 0.2) is 66.7 Å². The molecule has 2 aliphatic heterocycles. The minimum atomic E-state index is -0.178. The number of likely N-dealkylation sites (tertiary alicyclic amines) is 1. The number of urea groups is 1. The fourth-order valence-corrected chi connectivity index (χ4v) is 5.82. The Balaban J connectivity index is 1.51. The first-order chi connectivity index (χ1) is 18.3. The van der Waals surface area contributed by atoms with E-state index in [4.69, 9.17) is 4.74 Å². The van der Waals surface area contributed by atoms with Gasteiger partial charge in [0.1, 0.15) is 5.75 Å². The molecule has 198 valence electrons. The molecule has 8 nitrogen and oxygen atoms in total. The Kier molecular flexibility index (Phi) is 6.99. The summed E-state index contributed by atoms with van der Waals surface area (Å²) in [6, 6.07) is 20.7. The molecule has 1 saturated heterocycles. The van der Waals surface area contributed by atoms with Crippen molar-refractivity contribution in [2.24, 2.45) is 5.92 Å². The van der Waals surface area contributed by atoms with Crippen molar-refractivity contribution in [1.82, 2.24) is 9.80 Å². The fourth-order valence-electron chi connectivity index (χ4n) is 5.82. The SMILES string of the molecule is COc1ccc(NC(=O)N2CC[C@@H]3[C@@H](CO)N(C)c4ccc(-c5cccc(C(=O)N(C)C)c5)cc4[C@@H]32)cc1. The molecule has 5 rings (SSSR count). The van der Waals surface area contributed by atoms with Gasteiger partial charge in [-0.05, 0) is 71.6 Å². The van der Waals surface area contributed by atoms with Gasteiger partial charge in [0.25, 0.3) is 5.91 Å². The summed E-state index contributed by atoms with van der Waals surface area (Å²) >= 11 is 0. The van der Waals surface area contributed by atoms with Crippen LogP contribution in [0, 0.1) is 5.92 Å². The van der Waals surface area contributed by atoms with Crippen molar-refractivity contribution in [1.29, 1.82) is 0 Å². The number of ether oxygens (including phenoxy) is 1. The van der Waals surface area contributed by atoms with Crippen LogP contribution < -0.4 is 15.0 Å². The summed E-state index contributed by atoms with van der Waals surface area (Å²) in [4.78, 5) is 31.7. The predicted octanol–water partition coefficient (Wildman–Crippen LogP) is 4.47. The standard InChI is InChI=1S/C30H34N4O4/c1-32(2)29(36)21-7-5-6-19(16-21)20-8-13-26-25(17-20)28-24(27(18-35)33(26)3)14-15-34(28)30(37)31-22-9-11-23(38-4)12-10-22/h5-13,16-17,24,27-28,35H,14-15,18H2,1-4H3,(H,31,37)/t24-,27-,28-/m1/s1. The summed E-state index contributed by atoms with van der Waals surface area (Å²) < 4.78 is 5.23. The number of nitrogens with zero attached hydrogens (tertiary/aromatic N) is 3. The third-order valence-electron chi connectivity index (χ3n) is 7.80. The van der Waals surface area contributed by atoms with Crippen LogP contribution >= 0.6 is 0 Å². The molecule has 0 unspecified atom stereocenters. The van der Waals surface area contributed by atoms with Crippen LogP contribution in [0.3, 0.4) is 0 Å². The number of carbonyl (C=O) groups is 2. The van der Waals surface area contributed by atoms with Gasteiger partial charge in [0.2, 0.25) is 0 Å². The van der Waals surface area contributed by atoms with Crippen molar-refractivity contribution in [3.8, 4) is 16.9 Å². The molecule has 2 N–H and O–H groups in total. The van der Waals surface area contributed by atoms with Crippen molar-refractivity contribution in [2.45, 2.75) is 18.5 Å². The van der Waals surface area contributed by atoms with Gasteiger partial charge in [-0.2, -0.15) is 0 Å². The maximum Gasteiger partial charge on any atom is 0.322 e. The average Bonchev–Trinajstić information content (AvgIpc) is 3.38. The molecule has 3 amide bonds. The van der Waals surface area contributed by atoms with Gasteiger partial charge in [0.15, 0.2) is 0 Å². The smallest absolute Gasteiger partial charge is 0.322 e. The lowest BCUT2D eigenvalue weighted by Crippen LogP contribution is -2.48. The number of hydrogen-bond donors (Lipinski definition) is 2. The molecule has 2 aliphatic rings. The van der Waals surface area contributed by atoms with Crippen LogP contribution in [0.2, 0.25) is 0 Å². The number of aliphatic hydroxyl groups is 1. The summed E-state index contributed by atoms with van der Waals surface area (Å²) in [6.07, 6.45) is 0.798. The van der Waals surface area contributed by atoms with E-state index < -0.39 is 0 Å². The van der Waals surface area contributed by atoms with E-state index in [2.05, 4.69) is 22.3 Å². The number of rotatable bonds is 5. The summed E-state index contributed by atoms with van der Waals surface area (Å²) in [7, 11) is 7.10. The zero-order chi connectivity index (χ0) is 27.0. The highest BCUT2D eigenvalue weighted by Gasteiger charge is 2.47. The molecule has 0 saturated carbocycles. The Morgan fingerprint density at radius 2 is 1.79 bits per heavy atom. The zero-order valence-electron chi connectivity index (χ0n) is 22.2. The van der Waals surface area contributed by atoms with Crippen LogP contribution in [-0.4, -0.2) is 74.3 Å². The number of nitrogens with one attached hydrogen (secondary N) is 1. The molecule has 1 fully saturated rings. The number of methoxy groups -OCH3 is 1. The monoisotopic (exact) mass is 514 g/mol. The van der Waals surface area contributed by atoms with Gasteiger partial charge in [-0.25, -0.2) is 4.79 Å². The Morgan fingerprint density at radius 3 is 2.47 bits per heavy atom. The molecule has 8 heteroatoms. The summed E-state index contributed by atoms with van der Waals surface area (Å²) in [5.41, 5.74) is 5.29. The molecular weight excluding hydrogens is 480 g/mol. The first-order valence-electron chi connectivity index (χ1n) is 12.8. The lowest BCUT2D eigenvalue weighted by Gasteiger charge is -2.44. The van der Waals surface area contributed by atoms with E-state index in [1.165, 1.54) is 0 Å². The molecule has 0 aromatic heterocycles. The number of carbonyl (C=O) groups excluding carboxylic acids is 2. The number of fused-ring (bicyclic) bond motifs is 3. The van der Waals surface area contributed by atoms with Crippen LogP contribution in [0.4, 0.5) is 16.2 Å². The van der Waals surface area contributed by atoms with Gasteiger partial charge >= 0.3 is 6.03 Å². The maximum absolute atomic E-state index is 13.5.